The molecule has 25 heavy (non-hydrogen) atoms. The molecule has 0 radical (unpaired) electrons. The lowest BCUT2D eigenvalue weighted by molar-refractivity contribution is -0.141. The Morgan fingerprint density at radius 2 is 1.96 bits per heavy atom. The number of hydrogen-bond donors (Lipinski definition) is 0. The van der Waals surface area contributed by atoms with E-state index in [9.17, 15) is 9.59 Å². The predicted molar refractivity (Wildman–Crippen MR) is 98.6 cm³/mol. The van der Waals surface area contributed by atoms with E-state index >= 15 is 0 Å². The average Bonchev–Trinajstić information content (AvgIpc) is 2.60. The number of carbonyl (C=O) groups is 2. The van der Waals surface area contributed by atoms with Crippen LogP contribution >= 0.6 is 11.6 Å². The number of amides is 2. The summed E-state index contributed by atoms with van der Waals surface area (Å²) in [6.07, 6.45) is 1.43. The summed E-state index contributed by atoms with van der Waals surface area (Å²) in [7, 11) is 3.41. The van der Waals surface area contributed by atoms with Gasteiger partial charge in [-0.2, -0.15) is 0 Å². The maximum Gasteiger partial charge on any atom is 0.225 e. The Morgan fingerprint density at radius 1 is 1.32 bits per heavy atom. The van der Waals surface area contributed by atoms with E-state index in [-0.39, 0.29) is 23.7 Å². The number of benzene rings is 1. The van der Waals surface area contributed by atoms with Gasteiger partial charge in [0.2, 0.25) is 11.8 Å². The summed E-state index contributed by atoms with van der Waals surface area (Å²) < 4.78 is 5.35. The lowest BCUT2D eigenvalue weighted by Crippen LogP contribution is -2.44. The second-order valence-corrected chi connectivity index (χ2v) is 7.34. The van der Waals surface area contributed by atoms with Gasteiger partial charge in [0.1, 0.15) is 5.75 Å². The van der Waals surface area contributed by atoms with Crippen LogP contribution in [0.3, 0.4) is 0 Å². The SMILES string of the molecule is COc1ccc(Cl)cc1CN(C)C(=O)C1CCN(C(=O)C(C)C)CC1. The van der Waals surface area contributed by atoms with Gasteiger partial charge in [-0.25, -0.2) is 0 Å². The van der Waals surface area contributed by atoms with Crippen molar-refractivity contribution in [3.05, 3.63) is 28.8 Å². The van der Waals surface area contributed by atoms with E-state index in [0.717, 1.165) is 11.3 Å². The molecule has 6 heteroatoms. The van der Waals surface area contributed by atoms with Crippen LogP contribution in [0.15, 0.2) is 18.2 Å². The van der Waals surface area contributed by atoms with Gasteiger partial charge in [-0.1, -0.05) is 25.4 Å². The van der Waals surface area contributed by atoms with Gasteiger partial charge in [-0.15, -0.1) is 0 Å². The number of piperidine rings is 1. The topological polar surface area (TPSA) is 49.9 Å². The molecule has 0 N–H and O–H groups in total. The third kappa shape index (κ3) is 4.88. The van der Waals surface area contributed by atoms with Crippen molar-refractivity contribution in [2.24, 2.45) is 11.8 Å². The third-order valence-electron chi connectivity index (χ3n) is 4.68. The lowest BCUT2D eigenvalue weighted by Gasteiger charge is -2.34. The number of hydrogen-bond acceptors (Lipinski definition) is 3. The maximum atomic E-state index is 12.7. The first-order chi connectivity index (χ1) is 11.8. The fourth-order valence-electron chi connectivity index (χ4n) is 3.23. The molecule has 1 aliphatic rings. The normalized spacial score (nSPS) is 15.4. The lowest BCUT2D eigenvalue weighted by atomic mass is 9.94. The molecular formula is C19H27ClN2O3. The highest BCUT2D eigenvalue weighted by Gasteiger charge is 2.30. The molecular weight excluding hydrogens is 340 g/mol. The van der Waals surface area contributed by atoms with Gasteiger partial charge in [0.15, 0.2) is 0 Å². The Bertz CT molecular complexity index is 625. The van der Waals surface area contributed by atoms with Crippen molar-refractivity contribution in [2.45, 2.75) is 33.2 Å². The fraction of sp³-hybridized carbons (Fsp3) is 0.579. The van der Waals surface area contributed by atoms with E-state index in [2.05, 4.69) is 0 Å². The minimum atomic E-state index is -0.0357. The minimum Gasteiger partial charge on any atom is -0.496 e. The van der Waals surface area contributed by atoms with E-state index in [1.165, 1.54) is 0 Å². The number of likely N-dealkylation sites (tertiary alicyclic amines) is 1. The second-order valence-electron chi connectivity index (χ2n) is 6.90. The zero-order chi connectivity index (χ0) is 18.6. The van der Waals surface area contributed by atoms with Crippen molar-refractivity contribution in [1.82, 2.24) is 9.80 Å². The van der Waals surface area contributed by atoms with E-state index in [4.69, 9.17) is 16.3 Å². The van der Waals surface area contributed by atoms with E-state index in [1.54, 1.807) is 25.1 Å². The number of carbonyl (C=O) groups excluding carboxylic acids is 2. The Kier molecular flexibility index (Phi) is 6.71. The van der Waals surface area contributed by atoms with E-state index in [1.807, 2.05) is 30.9 Å². The molecule has 1 aliphatic heterocycles. The van der Waals surface area contributed by atoms with Gasteiger partial charge in [0, 0.05) is 49.1 Å². The molecule has 0 bridgehead atoms. The van der Waals surface area contributed by atoms with Crippen molar-refractivity contribution in [2.75, 3.05) is 27.2 Å². The standard InChI is InChI=1S/C19H27ClN2O3/c1-13(2)18(23)22-9-7-14(8-10-22)19(24)21(3)12-15-11-16(20)5-6-17(15)25-4/h5-6,11,13-14H,7-10,12H2,1-4H3. The molecule has 0 aromatic heterocycles. The summed E-state index contributed by atoms with van der Waals surface area (Å²) >= 11 is 6.06. The summed E-state index contributed by atoms with van der Waals surface area (Å²) in [4.78, 5) is 28.4. The van der Waals surface area contributed by atoms with Crippen LogP contribution in [-0.2, 0) is 16.1 Å². The monoisotopic (exact) mass is 366 g/mol. The van der Waals surface area contributed by atoms with Crippen molar-refractivity contribution < 1.29 is 14.3 Å². The molecule has 1 aromatic rings. The van der Waals surface area contributed by atoms with Gasteiger partial charge in [0.25, 0.3) is 0 Å². The van der Waals surface area contributed by atoms with Crippen molar-refractivity contribution in [1.29, 1.82) is 0 Å². The van der Waals surface area contributed by atoms with Crippen LogP contribution in [0.25, 0.3) is 0 Å². The Morgan fingerprint density at radius 3 is 2.52 bits per heavy atom. The summed E-state index contributed by atoms with van der Waals surface area (Å²) in [5.74, 6) is 0.972. The third-order valence-corrected chi connectivity index (χ3v) is 4.91. The number of halogens is 1. The number of ether oxygens (including phenoxy) is 1. The number of nitrogens with zero attached hydrogens (tertiary/aromatic N) is 2. The van der Waals surface area contributed by atoms with Crippen molar-refractivity contribution in [3.8, 4) is 5.75 Å². The highest BCUT2D eigenvalue weighted by atomic mass is 35.5. The Balaban J connectivity index is 1.95. The van der Waals surface area contributed by atoms with Gasteiger partial charge < -0.3 is 14.5 Å². The van der Waals surface area contributed by atoms with Crippen LogP contribution in [0.5, 0.6) is 5.75 Å². The summed E-state index contributed by atoms with van der Waals surface area (Å²) in [6, 6.07) is 5.41. The molecule has 1 aromatic carbocycles. The first kappa shape index (κ1) is 19.6. The molecule has 0 saturated carbocycles. The van der Waals surface area contributed by atoms with Crippen LogP contribution < -0.4 is 4.74 Å². The molecule has 1 fully saturated rings. The fourth-order valence-corrected chi connectivity index (χ4v) is 3.42. The Hall–Kier alpha value is -1.75. The molecule has 0 unspecified atom stereocenters. The molecule has 2 rings (SSSR count). The highest BCUT2D eigenvalue weighted by Crippen LogP contribution is 2.26. The molecule has 1 heterocycles. The molecule has 2 amide bonds. The molecule has 0 spiro atoms. The maximum absolute atomic E-state index is 12.7. The summed E-state index contributed by atoms with van der Waals surface area (Å²) in [5.41, 5.74) is 0.887. The van der Waals surface area contributed by atoms with Crippen LogP contribution in [-0.4, -0.2) is 48.9 Å². The van der Waals surface area contributed by atoms with Gasteiger partial charge in [-0.05, 0) is 31.0 Å². The number of rotatable bonds is 5. The second kappa shape index (κ2) is 8.56. The van der Waals surface area contributed by atoms with Crippen LogP contribution in [0.4, 0.5) is 0 Å². The first-order valence-electron chi connectivity index (χ1n) is 8.69. The zero-order valence-corrected chi connectivity index (χ0v) is 16.2. The number of methoxy groups -OCH3 is 1. The van der Waals surface area contributed by atoms with Crippen LogP contribution in [0.2, 0.25) is 5.02 Å². The van der Waals surface area contributed by atoms with Gasteiger partial charge >= 0.3 is 0 Å². The molecule has 0 aliphatic carbocycles. The zero-order valence-electron chi connectivity index (χ0n) is 15.4. The molecule has 0 atom stereocenters. The molecule has 1 saturated heterocycles. The minimum absolute atomic E-state index is 0.00483. The summed E-state index contributed by atoms with van der Waals surface area (Å²) in [6.45, 7) is 5.58. The largest absolute Gasteiger partial charge is 0.496 e. The molecule has 5 nitrogen and oxygen atoms in total. The van der Waals surface area contributed by atoms with Crippen LogP contribution in [0.1, 0.15) is 32.3 Å². The molecule has 138 valence electrons. The predicted octanol–water partition coefficient (Wildman–Crippen LogP) is 3.20. The first-order valence-corrected chi connectivity index (χ1v) is 9.07. The van der Waals surface area contributed by atoms with E-state index in [0.29, 0.717) is 37.5 Å². The van der Waals surface area contributed by atoms with Gasteiger partial charge in [0.05, 0.1) is 7.11 Å². The Labute approximate surface area is 154 Å². The van der Waals surface area contributed by atoms with Crippen molar-refractivity contribution in [3.63, 3.8) is 0 Å². The van der Waals surface area contributed by atoms with Crippen molar-refractivity contribution >= 4 is 23.4 Å². The smallest absolute Gasteiger partial charge is 0.225 e. The van der Waals surface area contributed by atoms with Gasteiger partial charge in [-0.3, -0.25) is 9.59 Å². The summed E-state index contributed by atoms with van der Waals surface area (Å²) in [5, 5.41) is 0.622. The quantitative estimate of drug-likeness (QED) is 0.804. The van der Waals surface area contributed by atoms with Crippen LogP contribution in [0, 0.1) is 11.8 Å². The van der Waals surface area contributed by atoms with E-state index < -0.39 is 0 Å². The highest BCUT2D eigenvalue weighted by molar-refractivity contribution is 6.30. The average molecular weight is 367 g/mol.